The zero-order valence-corrected chi connectivity index (χ0v) is 13.2. The molecule has 0 bridgehead atoms. The average molecular weight is 282 g/mol. The predicted molar refractivity (Wildman–Crippen MR) is 82.6 cm³/mol. The van der Waals surface area contributed by atoms with E-state index < -0.39 is 6.16 Å². The first kappa shape index (κ1) is 18.8. The summed E-state index contributed by atoms with van der Waals surface area (Å²) in [5.41, 5.74) is 0. The molecule has 0 atom stereocenters. The first-order chi connectivity index (χ1) is 9.81. The van der Waals surface area contributed by atoms with E-state index in [1.807, 2.05) is 0 Å². The van der Waals surface area contributed by atoms with Gasteiger partial charge in [-0.2, -0.15) is 0 Å². The molecule has 0 saturated carbocycles. The number of carbonyl (C=O) groups is 1. The van der Waals surface area contributed by atoms with Crippen LogP contribution < -0.4 is 0 Å². The number of unbranched alkanes of at least 4 members (excludes halogenated alkanes) is 9. The Morgan fingerprint density at radius 1 is 0.850 bits per heavy atom. The number of hydrogen-bond donors (Lipinski definition) is 0. The van der Waals surface area contributed by atoms with Crippen LogP contribution >= 0.6 is 0 Å². The summed E-state index contributed by atoms with van der Waals surface area (Å²) in [5.74, 6) is 5.30. The van der Waals surface area contributed by atoms with E-state index in [1.54, 1.807) is 6.92 Å². The molecule has 0 fully saturated rings. The van der Waals surface area contributed by atoms with Gasteiger partial charge in [0.1, 0.15) is 0 Å². The summed E-state index contributed by atoms with van der Waals surface area (Å²) in [6, 6.07) is 0. The van der Waals surface area contributed by atoms with Crippen LogP contribution in [-0.4, -0.2) is 19.4 Å². The van der Waals surface area contributed by atoms with Crippen molar-refractivity contribution in [3.63, 3.8) is 0 Å². The molecule has 0 spiro atoms. The molecule has 0 heterocycles. The van der Waals surface area contributed by atoms with E-state index >= 15 is 0 Å². The van der Waals surface area contributed by atoms with Crippen LogP contribution in [0.4, 0.5) is 4.79 Å². The van der Waals surface area contributed by atoms with Crippen molar-refractivity contribution in [1.29, 1.82) is 0 Å². The molecule has 0 aromatic carbocycles. The fourth-order valence-electron chi connectivity index (χ4n) is 1.95. The lowest BCUT2D eigenvalue weighted by Gasteiger charge is -2.04. The molecule has 0 aliphatic carbocycles. The van der Waals surface area contributed by atoms with Gasteiger partial charge in [0.2, 0.25) is 0 Å². The molecule has 0 aromatic heterocycles. The largest absolute Gasteiger partial charge is 0.509 e. The lowest BCUT2D eigenvalue weighted by molar-refractivity contribution is 0.0632. The van der Waals surface area contributed by atoms with Crippen molar-refractivity contribution < 1.29 is 14.3 Å². The fraction of sp³-hybridized carbons (Fsp3) is 0.824. The van der Waals surface area contributed by atoms with Crippen molar-refractivity contribution in [3.8, 4) is 11.8 Å². The number of carbonyl (C=O) groups excluding carboxylic acids is 1. The third-order valence-electron chi connectivity index (χ3n) is 3.16. The number of ether oxygens (including phenoxy) is 2. The van der Waals surface area contributed by atoms with Gasteiger partial charge in [0.15, 0.2) is 6.61 Å². The third-order valence-corrected chi connectivity index (χ3v) is 3.16. The van der Waals surface area contributed by atoms with E-state index in [2.05, 4.69) is 18.8 Å². The van der Waals surface area contributed by atoms with Gasteiger partial charge >= 0.3 is 6.16 Å². The molecule has 3 nitrogen and oxygen atoms in total. The molecule has 0 rings (SSSR count). The van der Waals surface area contributed by atoms with E-state index in [-0.39, 0.29) is 6.61 Å². The normalized spacial score (nSPS) is 9.70. The minimum absolute atomic E-state index is 0.118. The van der Waals surface area contributed by atoms with E-state index in [0.29, 0.717) is 6.61 Å². The first-order valence-corrected chi connectivity index (χ1v) is 8.00. The minimum Gasteiger partial charge on any atom is -0.434 e. The molecular formula is C17H30O3. The van der Waals surface area contributed by atoms with Crippen molar-refractivity contribution in [2.45, 2.75) is 78.1 Å². The second-order valence-corrected chi connectivity index (χ2v) is 5.00. The Kier molecular flexibility index (Phi) is 15.0. The topological polar surface area (TPSA) is 35.5 Å². The smallest absolute Gasteiger partial charge is 0.434 e. The van der Waals surface area contributed by atoms with Gasteiger partial charge < -0.3 is 9.47 Å². The predicted octanol–water partition coefficient (Wildman–Crippen LogP) is 5.08. The summed E-state index contributed by atoms with van der Waals surface area (Å²) in [6.07, 6.45) is 12.1. The van der Waals surface area contributed by atoms with Gasteiger partial charge in [-0.25, -0.2) is 4.79 Å². The van der Waals surface area contributed by atoms with E-state index in [1.165, 1.54) is 51.4 Å². The maximum atomic E-state index is 11.1. The molecule has 3 heteroatoms. The molecule has 0 aliphatic rings. The van der Waals surface area contributed by atoms with Gasteiger partial charge in [-0.1, -0.05) is 70.6 Å². The molecule has 0 amide bonds. The lowest BCUT2D eigenvalue weighted by atomic mass is 10.1. The monoisotopic (exact) mass is 282 g/mol. The minimum atomic E-state index is -0.608. The van der Waals surface area contributed by atoms with Gasteiger partial charge in [-0.15, -0.1) is 5.92 Å². The standard InChI is InChI=1S/C17H30O3/c1-3-5-7-8-9-10-11-12-13-14-16-20-17(18)19-15-6-4-2/h3,5,7-16H2,1-2H3. The van der Waals surface area contributed by atoms with Gasteiger partial charge in [0.05, 0.1) is 6.61 Å². The van der Waals surface area contributed by atoms with E-state index in [0.717, 1.165) is 12.8 Å². The highest BCUT2D eigenvalue weighted by Gasteiger charge is 2.01. The molecule has 0 N–H and O–H groups in total. The van der Waals surface area contributed by atoms with Crippen LogP contribution in [-0.2, 0) is 9.47 Å². The quantitative estimate of drug-likeness (QED) is 0.284. The van der Waals surface area contributed by atoms with Crippen molar-refractivity contribution in [2.24, 2.45) is 0 Å². The molecule has 0 aromatic rings. The molecule has 0 aliphatic heterocycles. The van der Waals surface area contributed by atoms with Gasteiger partial charge in [-0.05, 0) is 13.3 Å². The van der Waals surface area contributed by atoms with Crippen LogP contribution in [0.1, 0.15) is 78.1 Å². The summed E-state index contributed by atoms with van der Waals surface area (Å²) >= 11 is 0. The van der Waals surface area contributed by atoms with Gasteiger partial charge in [0.25, 0.3) is 0 Å². The Balaban J connectivity index is 3.12. The van der Waals surface area contributed by atoms with Crippen LogP contribution in [0.25, 0.3) is 0 Å². The van der Waals surface area contributed by atoms with Crippen molar-refractivity contribution in [3.05, 3.63) is 0 Å². The third kappa shape index (κ3) is 14.9. The molecular weight excluding hydrogens is 252 g/mol. The van der Waals surface area contributed by atoms with Crippen LogP contribution in [0, 0.1) is 11.8 Å². The van der Waals surface area contributed by atoms with E-state index in [4.69, 9.17) is 9.47 Å². The summed E-state index contributed by atoms with van der Waals surface area (Å²) < 4.78 is 9.67. The highest BCUT2D eigenvalue weighted by Crippen LogP contribution is 2.10. The molecule has 20 heavy (non-hydrogen) atoms. The van der Waals surface area contributed by atoms with Crippen LogP contribution in [0.2, 0.25) is 0 Å². The second-order valence-electron chi connectivity index (χ2n) is 5.00. The summed E-state index contributed by atoms with van der Waals surface area (Å²) in [6.45, 7) is 4.52. The Labute approximate surface area is 124 Å². The zero-order chi connectivity index (χ0) is 14.9. The Bertz CT molecular complexity index is 276. The van der Waals surface area contributed by atoms with Crippen LogP contribution in [0.5, 0.6) is 0 Å². The summed E-state index contributed by atoms with van der Waals surface area (Å²) in [7, 11) is 0. The zero-order valence-electron chi connectivity index (χ0n) is 13.2. The SMILES string of the molecule is CC#CCOC(=O)OCCCCCCCCCCCC. The summed E-state index contributed by atoms with van der Waals surface area (Å²) in [4.78, 5) is 11.1. The molecule has 0 saturated heterocycles. The molecule has 0 unspecified atom stereocenters. The Morgan fingerprint density at radius 3 is 1.95 bits per heavy atom. The maximum absolute atomic E-state index is 11.1. The molecule has 0 radical (unpaired) electrons. The van der Waals surface area contributed by atoms with Gasteiger partial charge in [-0.3, -0.25) is 0 Å². The fourth-order valence-corrected chi connectivity index (χ4v) is 1.95. The van der Waals surface area contributed by atoms with Crippen molar-refractivity contribution >= 4 is 6.16 Å². The first-order valence-electron chi connectivity index (χ1n) is 8.00. The number of hydrogen-bond acceptors (Lipinski definition) is 3. The maximum Gasteiger partial charge on any atom is 0.509 e. The van der Waals surface area contributed by atoms with Crippen LogP contribution in [0.3, 0.4) is 0 Å². The highest BCUT2D eigenvalue weighted by atomic mass is 16.7. The van der Waals surface area contributed by atoms with Crippen molar-refractivity contribution in [2.75, 3.05) is 13.2 Å². The Morgan fingerprint density at radius 2 is 1.40 bits per heavy atom. The Hall–Kier alpha value is -1.17. The second kappa shape index (κ2) is 15.9. The molecule has 116 valence electrons. The van der Waals surface area contributed by atoms with E-state index in [9.17, 15) is 4.79 Å². The highest BCUT2D eigenvalue weighted by molar-refractivity contribution is 5.60. The average Bonchev–Trinajstić information content (AvgIpc) is 2.45. The summed E-state index contributed by atoms with van der Waals surface area (Å²) in [5, 5.41) is 0. The van der Waals surface area contributed by atoms with Gasteiger partial charge in [0, 0.05) is 0 Å². The number of rotatable bonds is 12. The lowest BCUT2D eigenvalue weighted by Crippen LogP contribution is -2.08. The van der Waals surface area contributed by atoms with Crippen LogP contribution in [0.15, 0.2) is 0 Å². The van der Waals surface area contributed by atoms with Crippen molar-refractivity contribution in [1.82, 2.24) is 0 Å².